The van der Waals surface area contributed by atoms with Crippen molar-refractivity contribution in [3.63, 3.8) is 0 Å². The highest BCUT2D eigenvalue weighted by molar-refractivity contribution is 5.75. The summed E-state index contributed by atoms with van der Waals surface area (Å²) in [5, 5.41) is 3.00. The smallest absolute Gasteiger partial charge is 0.317 e. The number of carbonyl (C=O) groups excluding carboxylic acids is 1. The van der Waals surface area contributed by atoms with Crippen molar-refractivity contribution >= 4 is 6.03 Å². The van der Waals surface area contributed by atoms with Gasteiger partial charge in [0.25, 0.3) is 0 Å². The molecule has 0 aliphatic carbocycles. The van der Waals surface area contributed by atoms with E-state index in [1.54, 1.807) is 7.11 Å². The molecular formula is C14H28N2O2. The van der Waals surface area contributed by atoms with Gasteiger partial charge in [-0.3, -0.25) is 0 Å². The van der Waals surface area contributed by atoms with Crippen LogP contribution in [0.4, 0.5) is 4.79 Å². The lowest BCUT2D eigenvalue weighted by Crippen LogP contribution is -2.50. The third-order valence-corrected chi connectivity index (χ3v) is 3.84. The van der Waals surface area contributed by atoms with Crippen LogP contribution in [0.5, 0.6) is 0 Å². The monoisotopic (exact) mass is 256 g/mol. The van der Waals surface area contributed by atoms with Crippen LogP contribution in [0.25, 0.3) is 0 Å². The number of methoxy groups -OCH3 is 1. The Balaban J connectivity index is 2.51. The van der Waals surface area contributed by atoms with E-state index in [1.807, 2.05) is 4.90 Å². The van der Waals surface area contributed by atoms with E-state index in [-0.39, 0.29) is 23.1 Å². The van der Waals surface area contributed by atoms with Crippen LogP contribution >= 0.6 is 0 Å². The van der Waals surface area contributed by atoms with Gasteiger partial charge in [-0.05, 0) is 32.1 Å². The average Bonchev–Trinajstić information content (AvgIpc) is 2.56. The van der Waals surface area contributed by atoms with Crippen LogP contribution in [0.2, 0.25) is 0 Å². The molecule has 18 heavy (non-hydrogen) atoms. The van der Waals surface area contributed by atoms with Gasteiger partial charge in [0.2, 0.25) is 0 Å². The first kappa shape index (κ1) is 15.3. The highest BCUT2D eigenvalue weighted by Gasteiger charge is 2.35. The van der Waals surface area contributed by atoms with Gasteiger partial charge < -0.3 is 15.0 Å². The molecule has 0 radical (unpaired) electrons. The lowest BCUT2D eigenvalue weighted by Gasteiger charge is -2.34. The molecule has 1 aliphatic rings. The van der Waals surface area contributed by atoms with Crippen molar-refractivity contribution in [1.82, 2.24) is 10.2 Å². The van der Waals surface area contributed by atoms with Crippen molar-refractivity contribution in [2.45, 2.75) is 59.1 Å². The molecule has 0 spiro atoms. The molecule has 0 aromatic heterocycles. The molecule has 2 amide bonds. The number of urea groups is 1. The summed E-state index contributed by atoms with van der Waals surface area (Å²) < 4.78 is 5.45. The van der Waals surface area contributed by atoms with Crippen molar-refractivity contribution in [2.24, 2.45) is 5.41 Å². The number of nitrogens with zero attached hydrogens (tertiary/aromatic N) is 1. The standard InChI is InChI=1S/C14H28N2O2/c1-13(2,3)11(18-6)10-15-12(17)16-9-7-8-14(16,4)5/h11H,7-10H2,1-6H3,(H,15,17)/t11-/m1/s1. The zero-order chi connectivity index (χ0) is 14.0. The zero-order valence-electron chi connectivity index (χ0n) is 12.7. The van der Waals surface area contributed by atoms with Gasteiger partial charge in [-0.25, -0.2) is 4.79 Å². The Hall–Kier alpha value is -0.770. The van der Waals surface area contributed by atoms with E-state index >= 15 is 0 Å². The quantitative estimate of drug-likeness (QED) is 0.843. The number of rotatable bonds is 3. The van der Waals surface area contributed by atoms with Gasteiger partial charge in [-0.15, -0.1) is 0 Å². The molecule has 1 heterocycles. The van der Waals surface area contributed by atoms with E-state index in [2.05, 4.69) is 39.9 Å². The molecule has 0 aromatic carbocycles. The van der Waals surface area contributed by atoms with Gasteiger partial charge >= 0.3 is 6.03 Å². The fourth-order valence-electron chi connectivity index (χ4n) is 2.50. The number of hydrogen-bond acceptors (Lipinski definition) is 2. The minimum atomic E-state index is -0.0195. The Kier molecular flexibility index (Phi) is 4.65. The molecule has 1 aliphatic heterocycles. The predicted molar refractivity (Wildman–Crippen MR) is 73.7 cm³/mol. The van der Waals surface area contributed by atoms with E-state index in [4.69, 9.17) is 4.74 Å². The number of carbonyl (C=O) groups is 1. The summed E-state index contributed by atoms with van der Waals surface area (Å²) in [4.78, 5) is 14.1. The first-order valence-electron chi connectivity index (χ1n) is 6.77. The van der Waals surface area contributed by atoms with Gasteiger partial charge in [0.05, 0.1) is 6.10 Å². The predicted octanol–water partition coefficient (Wildman–Crippen LogP) is 2.63. The molecule has 106 valence electrons. The summed E-state index contributed by atoms with van der Waals surface area (Å²) >= 11 is 0. The van der Waals surface area contributed by atoms with Crippen LogP contribution in [-0.2, 0) is 4.74 Å². The maximum Gasteiger partial charge on any atom is 0.317 e. The molecule has 0 bridgehead atoms. The minimum absolute atomic E-state index is 0.0195. The number of nitrogens with one attached hydrogen (secondary N) is 1. The SMILES string of the molecule is CO[C@H](CNC(=O)N1CCCC1(C)C)C(C)(C)C. The number of ether oxygens (including phenoxy) is 1. The molecule has 1 fully saturated rings. The van der Waals surface area contributed by atoms with Crippen LogP contribution in [0, 0.1) is 5.41 Å². The van der Waals surface area contributed by atoms with Gasteiger partial charge in [0.1, 0.15) is 0 Å². The fourth-order valence-corrected chi connectivity index (χ4v) is 2.50. The maximum atomic E-state index is 12.2. The third-order valence-electron chi connectivity index (χ3n) is 3.84. The number of likely N-dealkylation sites (tertiary alicyclic amines) is 1. The first-order valence-corrected chi connectivity index (χ1v) is 6.77. The lowest BCUT2D eigenvalue weighted by atomic mass is 9.89. The van der Waals surface area contributed by atoms with Crippen LogP contribution in [0.15, 0.2) is 0 Å². The second-order valence-corrected chi connectivity index (χ2v) is 6.84. The van der Waals surface area contributed by atoms with Crippen molar-refractivity contribution < 1.29 is 9.53 Å². The Morgan fingerprint density at radius 3 is 2.44 bits per heavy atom. The Morgan fingerprint density at radius 2 is 2.06 bits per heavy atom. The summed E-state index contributed by atoms with van der Waals surface area (Å²) in [5.41, 5.74) is 0.0109. The van der Waals surface area contributed by atoms with Crippen LogP contribution < -0.4 is 5.32 Å². The normalized spacial score (nSPS) is 20.9. The van der Waals surface area contributed by atoms with Crippen LogP contribution in [0.3, 0.4) is 0 Å². The topological polar surface area (TPSA) is 41.6 Å². The van der Waals surface area contributed by atoms with Crippen molar-refractivity contribution in [1.29, 1.82) is 0 Å². The largest absolute Gasteiger partial charge is 0.379 e. The molecule has 0 aromatic rings. The highest BCUT2D eigenvalue weighted by Crippen LogP contribution is 2.28. The van der Waals surface area contributed by atoms with E-state index in [9.17, 15) is 4.79 Å². The van der Waals surface area contributed by atoms with E-state index in [0.29, 0.717) is 6.54 Å². The second kappa shape index (κ2) is 5.47. The molecule has 1 rings (SSSR count). The zero-order valence-corrected chi connectivity index (χ0v) is 12.7. The van der Waals surface area contributed by atoms with Crippen molar-refractivity contribution in [3.05, 3.63) is 0 Å². The Labute approximate surface area is 111 Å². The Bertz CT molecular complexity index is 295. The molecule has 0 unspecified atom stereocenters. The molecule has 4 nitrogen and oxygen atoms in total. The summed E-state index contributed by atoms with van der Waals surface area (Å²) in [7, 11) is 1.70. The van der Waals surface area contributed by atoms with E-state index in [1.165, 1.54) is 0 Å². The lowest BCUT2D eigenvalue weighted by molar-refractivity contribution is 0.0180. The van der Waals surface area contributed by atoms with Crippen molar-refractivity contribution in [2.75, 3.05) is 20.2 Å². The van der Waals surface area contributed by atoms with Gasteiger partial charge in [0, 0.05) is 25.7 Å². The summed E-state index contributed by atoms with van der Waals surface area (Å²) in [6.07, 6.45) is 2.20. The van der Waals surface area contributed by atoms with Gasteiger partial charge in [-0.1, -0.05) is 20.8 Å². The van der Waals surface area contributed by atoms with E-state index in [0.717, 1.165) is 19.4 Å². The highest BCUT2D eigenvalue weighted by atomic mass is 16.5. The maximum absolute atomic E-state index is 12.2. The second-order valence-electron chi connectivity index (χ2n) is 6.84. The van der Waals surface area contributed by atoms with Gasteiger partial charge in [0.15, 0.2) is 0 Å². The first-order chi connectivity index (χ1) is 8.18. The summed E-state index contributed by atoms with van der Waals surface area (Å²) in [6, 6.07) is 0.0313. The molecule has 1 atom stereocenters. The molecule has 1 saturated heterocycles. The molecular weight excluding hydrogens is 228 g/mol. The molecule has 1 N–H and O–H groups in total. The van der Waals surface area contributed by atoms with Crippen LogP contribution in [0.1, 0.15) is 47.5 Å². The van der Waals surface area contributed by atoms with Gasteiger partial charge in [-0.2, -0.15) is 0 Å². The third kappa shape index (κ3) is 3.61. The minimum Gasteiger partial charge on any atom is -0.379 e. The average molecular weight is 256 g/mol. The summed E-state index contributed by atoms with van der Waals surface area (Å²) in [6.45, 7) is 12.0. The number of hydrogen-bond donors (Lipinski definition) is 1. The van der Waals surface area contributed by atoms with Crippen molar-refractivity contribution in [3.8, 4) is 0 Å². The van der Waals surface area contributed by atoms with Crippen LogP contribution in [-0.4, -0.2) is 42.8 Å². The summed E-state index contributed by atoms with van der Waals surface area (Å²) in [5.74, 6) is 0. The van der Waals surface area contributed by atoms with E-state index < -0.39 is 0 Å². The fraction of sp³-hybridized carbons (Fsp3) is 0.929. The Morgan fingerprint density at radius 1 is 1.44 bits per heavy atom. The number of amides is 2. The molecule has 0 saturated carbocycles. The molecule has 4 heteroatoms.